The minimum atomic E-state index is -4.30. The SMILES string of the molecule is C/C(=C\c1ccc2c(c1)N(S(=O)(=O)c1ccc(F)c(OC(F)F)c1)CCO2)c1c(F)cccc1Cl. The molecule has 0 N–H and O–H groups in total. The van der Waals surface area contributed by atoms with Crippen LogP contribution in [0.15, 0.2) is 59.5 Å². The highest BCUT2D eigenvalue weighted by Gasteiger charge is 2.31. The fraction of sp³-hybridized carbons (Fsp3) is 0.167. The predicted octanol–water partition coefficient (Wildman–Crippen LogP) is 6.37. The number of alkyl halides is 2. The molecule has 0 aromatic heterocycles. The number of sulfonamides is 1. The van der Waals surface area contributed by atoms with E-state index in [4.69, 9.17) is 16.3 Å². The van der Waals surface area contributed by atoms with Crippen molar-refractivity contribution >= 4 is 39.0 Å². The number of hydrogen-bond acceptors (Lipinski definition) is 4. The van der Waals surface area contributed by atoms with Crippen LogP contribution in [0.4, 0.5) is 23.2 Å². The summed E-state index contributed by atoms with van der Waals surface area (Å²) in [5, 5.41) is 0.224. The molecule has 0 fully saturated rings. The van der Waals surface area contributed by atoms with Crippen molar-refractivity contribution in [3.05, 3.63) is 82.4 Å². The number of rotatable bonds is 6. The van der Waals surface area contributed by atoms with E-state index >= 15 is 0 Å². The van der Waals surface area contributed by atoms with Crippen LogP contribution < -0.4 is 13.8 Å². The van der Waals surface area contributed by atoms with Gasteiger partial charge in [0.15, 0.2) is 11.6 Å². The van der Waals surface area contributed by atoms with Crippen LogP contribution in [0.5, 0.6) is 11.5 Å². The molecule has 4 rings (SSSR count). The van der Waals surface area contributed by atoms with Gasteiger partial charge in [-0.15, -0.1) is 0 Å². The first kappa shape index (κ1) is 24.9. The van der Waals surface area contributed by atoms with Gasteiger partial charge in [-0.05, 0) is 54.5 Å². The van der Waals surface area contributed by atoms with Crippen LogP contribution in [-0.2, 0) is 10.0 Å². The minimum absolute atomic E-state index is 0.0346. The van der Waals surface area contributed by atoms with E-state index in [2.05, 4.69) is 4.74 Å². The zero-order valence-electron chi connectivity index (χ0n) is 18.1. The Labute approximate surface area is 204 Å². The summed E-state index contributed by atoms with van der Waals surface area (Å²) in [4.78, 5) is -0.433. The third-order valence-corrected chi connectivity index (χ3v) is 7.37. The molecule has 0 saturated heterocycles. The molecular weight excluding hydrogens is 510 g/mol. The zero-order chi connectivity index (χ0) is 25.3. The minimum Gasteiger partial charge on any atom is -0.489 e. The molecule has 0 amide bonds. The maximum atomic E-state index is 14.3. The van der Waals surface area contributed by atoms with Crippen LogP contribution in [0.25, 0.3) is 11.6 Å². The number of nitrogens with zero attached hydrogens (tertiary/aromatic N) is 1. The molecule has 1 aliphatic rings. The molecule has 5 nitrogen and oxygen atoms in total. The fourth-order valence-corrected chi connectivity index (χ4v) is 5.48. The van der Waals surface area contributed by atoms with Crippen molar-refractivity contribution < 1.29 is 35.5 Å². The molecule has 184 valence electrons. The number of anilines is 1. The second-order valence-corrected chi connectivity index (χ2v) is 9.82. The first-order chi connectivity index (χ1) is 16.6. The first-order valence-corrected chi connectivity index (χ1v) is 12.1. The largest absolute Gasteiger partial charge is 0.489 e. The van der Waals surface area contributed by atoms with Gasteiger partial charge in [-0.1, -0.05) is 29.8 Å². The van der Waals surface area contributed by atoms with E-state index < -0.39 is 38.9 Å². The van der Waals surface area contributed by atoms with Gasteiger partial charge in [-0.25, -0.2) is 17.2 Å². The Kier molecular flexibility index (Phi) is 6.95. The number of ether oxygens (including phenoxy) is 2. The van der Waals surface area contributed by atoms with Gasteiger partial charge in [0.25, 0.3) is 10.0 Å². The second-order valence-electron chi connectivity index (χ2n) is 7.55. The van der Waals surface area contributed by atoms with E-state index in [0.29, 0.717) is 17.2 Å². The molecule has 1 aliphatic heterocycles. The predicted molar refractivity (Wildman–Crippen MR) is 124 cm³/mol. The van der Waals surface area contributed by atoms with Crippen molar-refractivity contribution in [3.63, 3.8) is 0 Å². The summed E-state index contributed by atoms with van der Waals surface area (Å²) in [5.41, 5.74) is 1.43. The lowest BCUT2D eigenvalue weighted by Crippen LogP contribution is -2.38. The van der Waals surface area contributed by atoms with Crippen molar-refractivity contribution in [1.82, 2.24) is 0 Å². The molecule has 0 atom stereocenters. The normalized spacial score (nSPS) is 14.0. The molecule has 3 aromatic carbocycles. The van der Waals surface area contributed by atoms with Crippen LogP contribution in [-0.4, -0.2) is 28.2 Å². The number of halogens is 5. The van der Waals surface area contributed by atoms with Crippen LogP contribution >= 0.6 is 11.6 Å². The van der Waals surface area contributed by atoms with Crippen molar-refractivity contribution in [2.24, 2.45) is 0 Å². The summed E-state index contributed by atoms with van der Waals surface area (Å²) in [6.45, 7) is -1.71. The molecule has 0 bridgehead atoms. The summed E-state index contributed by atoms with van der Waals surface area (Å²) >= 11 is 6.14. The van der Waals surface area contributed by atoms with Gasteiger partial charge in [0.05, 0.1) is 22.2 Å². The van der Waals surface area contributed by atoms with Crippen LogP contribution in [0, 0.1) is 11.6 Å². The molecule has 35 heavy (non-hydrogen) atoms. The number of fused-ring (bicyclic) bond motifs is 1. The molecule has 11 heteroatoms. The number of benzene rings is 3. The van der Waals surface area contributed by atoms with Gasteiger partial charge in [-0.3, -0.25) is 4.31 Å². The highest BCUT2D eigenvalue weighted by atomic mass is 35.5. The van der Waals surface area contributed by atoms with Crippen molar-refractivity contribution in [3.8, 4) is 11.5 Å². The second kappa shape index (κ2) is 9.79. The Morgan fingerprint density at radius 1 is 1.11 bits per heavy atom. The van der Waals surface area contributed by atoms with E-state index in [9.17, 15) is 26.0 Å². The highest BCUT2D eigenvalue weighted by Crippen LogP contribution is 2.38. The molecular formula is C24H18ClF4NO4S. The molecule has 0 radical (unpaired) electrons. The highest BCUT2D eigenvalue weighted by molar-refractivity contribution is 7.92. The van der Waals surface area contributed by atoms with Crippen LogP contribution in [0.3, 0.4) is 0 Å². The number of allylic oxidation sites excluding steroid dienone is 1. The molecule has 0 aliphatic carbocycles. The molecule has 1 heterocycles. The standard InChI is InChI=1S/C24H18ClF4NO4S/c1-14(23-17(25)3-2-4-19(23)27)11-15-5-8-21-20(12-15)30(9-10-33-21)35(31,32)16-6-7-18(26)22(13-16)34-24(28)29/h2-8,11-13,24H,9-10H2,1H3/b14-11+. The average Bonchev–Trinajstić information content (AvgIpc) is 2.79. The van der Waals surface area contributed by atoms with Gasteiger partial charge in [0.2, 0.25) is 0 Å². The fourth-order valence-electron chi connectivity index (χ4n) is 3.70. The topological polar surface area (TPSA) is 55.8 Å². The lowest BCUT2D eigenvalue weighted by molar-refractivity contribution is -0.0523. The Bertz CT molecular complexity index is 1390. The maximum Gasteiger partial charge on any atom is 0.387 e. The van der Waals surface area contributed by atoms with E-state index in [1.54, 1.807) is 31.2 Å². The van der Waals surface area contributed by atoms with Gasteiger partial charge >= 0.3 is 6.61 Å². The Morgan fingerprint density at radius 3 is 2.60 bits per heavy atom. The van der Waals surface area contributed by atoms with Gasteiger partial charge in [0.1, 0.15) is 18.2 Å². The Balaban J connectivity index is 1.74. The molecule has 0 unspecified atom stereocenters. The van der Waals surface area contributed by atoms with Crippen LogP contribution in [0.1, 0.15) is 18.1 Å². The third kappa shape index (κ3) is 5.08. The smallest absolute Gasteiger partial charge is 0.387 e. The van der Waals surface area contributed by atoms with E-state index in [-0.39, 0.29) is 35.2 Å². The summed E-state index contributed by atoms with van der Waals surface area (Å²) in [5.74, 6) is -2.25. The number of hydrogen-bond donors (Lipinski definition) is 0. The van der Waals surface area contributed by atoms with E-state index in [0.717, 1.165) is 16.4 Å². The zero-order valence-corrected chi connectivity index (χ0v) is 19.7. The van der Waals surface area contributed by atoms with Crippen molar-refractivity contribution in [2.45, 2.75) is 18.4 Å². The monoisotopic (exact) mass is 527 g/mol. The van der Waals surface area contributed by atoms with E-state index in [1.807, 2.05) is 0 Å². The van der Waals surface area contributed by atoms with Crippen molar-refractivity contribution in [1.29, 1.82) is 0 Å². The summed E-state index contributed by atoms with van der Waals surface area (Å²) < 4.78 is 90.8. The lowest BCUT2D eigenvalue weighted by atomic mass is 10.0. The maximum absolute atomic E-state index is 14.3. The van der Waals surface area contributed by atoms with Gasteiger partial charge < -0.3 is 9.47 Å². The van der Waals surface area contributed by atoms with E-state index in [1.165, 1.54) is 18.2 Å². The first-order valence-electron chi connectivity index (χ1n) is 10.2. The van der Waals surface area contributed by atoms with Crippen LogP contribution in [0.2, 0.25) is 5.02 Å². The third-order valence-electron chi connectivity index (χ3n) is 5.25. The quantitative estimate of drug-likeness (QED) is 0.276. The van der Waals surface area contributed by atoms with Gasteiger partial charge in [0, 0.05) is 11.6 Å². The average molecular weight is 528 g/mol. The molecule has 3 aromatic rings. The Morgan fingerprint density at radius 2 is 1.89 bits per heavy atom. The molecule has 0 spiro atoms. The molecule has 0 saturated carbocycles. The Hall–Kier alpha value is -3.24. The summed E-state index contributed by atoms with van der Waals surface area (Å²) in [6, 6.07) is 11.5. The summed E-state index contributed by atoms with van der Waals surface area (Å²) in [6.07, 6.45) is 1.64. The summed E-state index contributed by atoms with van der Waals surface area (Å²) in [7, 11) is -4.30. The lowest BCUT2D eigenvalue weighted by Gasteiger charge is -2.31. The van der Waals surface area contributed by atoms with Crippen molar-refractivity contribution in [2.75, 3.05) is 17.5 Å². The van der Waals surface area contributed by atoms with Gasteiger partial charge in [-0.2, -0.15) is 8.78 Å².